The summed E-state index contributed by atoms with van der Waals surface area (Å²) < 4.78 is 19.1. The molecule has 0 unspecified atom stereocenters. The standard InChI is InChI=1S/C22H23ClFN5O2/c1-13(2)7-20-25-9-15-5-6-29(10-18(15)27-20)22(30)28-21(19-11-31-12-26-19)14-3-4-16(23)17(24)8-14/h3-4,8-9,11-13,21H,5-7,10H2,1-2H3,(H,28,30)/t21-/m1/s1. The average molecular weight is 444 g/mol. The van der Waals surface area contributed by atoms with Crippen molar-refractivity contribution in [3.63, 3.8) is 0 Å². The highest BCUT2D eigenvalue weighted by Gasteiger charge is 2.27. The lowest BCUT2D eigenvalue weighted by Gasteiger charge is -2.30. The van der Waals surface area contributed by atoms with E-state index >= 15 is 0 Å². The number of nitrogens with one attached hydrogen (secondary N) is 1. The predicted octanol–water partition coefficient (Wildman–Crippen LogP) is 4.31. The van der Waals surface area contributed by atoms with Crippen molar-refractivity contribution in [1.29, 1.82) is 0 Å². The summed E-state index contributed by atoms with van der Waals surface area (Å²) in [4.78, 5) is 28.0. The summed E-state index contributed by atoms with van der Waals surface area (Å²) >= 11 is 5.81. The van der Waals surface area contributed by atoms with Gasteiger partial charge in [-0.05, 0) is 35.6 Å². The quantitative estimate of drug-likeness (QED) is 0.635. The van der Waals surface area contributed by atoms with E-state index < -0.39 is 11.9 Å². The van der Waals surface area contributed by atoms with Gasteiger partial charge in [0.15, 0.2) is 6.39 Å². The summed E-state index contributed by atoms with van der Waals surface area (Å²) in [6.07, 6.45) is 6.02. The Morgan fingerprint density at radius 3 is 2.90 bits per heavy atom. The number of oxazole rings is 1. The first kappa shape index (κ1) is 21.2. The van der Waals surface area contributed by atoms with E-state index in [0.29, 0.717) is 36.7 Å². The molecule has 0 aliphatic carbocycles. The Labute approximate surface area is 184 Å². The van der Waals surface area contributed by atoms with Crippen LogP contribution in [0.3, 0.4) is 0 Å². The van der Waals surface area contributed by atoms with Crippen molar-refractivity contribution in [2.75, 3.05) is 6.54 Å². The molecule has 0 radical (unpaired) electrons. The van der Waals surface area contributed by atoms with Crippen LogP contribution in [0.4, 0.5) is 9.18 Å². The highest BCUT2D eigenvalue weighted by atomic mass is 35.5. The third-order valence-electron chi connectivity index (χ3n) is 5.17. The molecule has 0 fully saturated rings. The number of fused-ring (bicyclic) bond motifs is 1. The molecule has 7 nitrogen and oxygen atoms in total. The van der Waals surface area contributed by atoms with Crippen molar-refractivity contribution in [3.8, 4) is 0 Å². The number of nitrogens with zero attached hydrogens (tertiary/aromatic N) is 4. The van der Waals surface area contributed by atoms with Crippen LogP contribution in [-0.2, 0) is 19.4 Å². The van der Waals surface area contributed by atoms with E-state index in [0.717, 1.165) is 23.5 Å². The Morgan fingerprint density at radius 2 is 2.19 bits per heavy atom. The van der Waals surface area contributed by atoms with Crippen LogP contribution in [0.2, 0.25) is 5.02 Å². The topological polar surface area (TPSA) is 84.2 Å². The summed E-state index contributed by atoms with van der Waals surface area (Å²) in [6.45, 7) is 5.15. The van der Waals surface area contributed by atoms with Gasteiger partial charge in [0.2, 0.25) is 0 Å². The maximum Gasteiger partial charge on any atom is 0.318 e. The molecule has 0 saturated heterocycles. The molecule has 1 aliphatic rings. The van der Waals surface area contributed by atoms with Gasteiger partial charge in [0, 0.05) is 19.2 Å². The molecule has 2 aromatic heterocycles. The minimum atomic E-state index is -0.679. The van der Waals surface area contributed by atoms with Crippen molar-refractivity contribution in [3.05, 3.63) is 76.2 Å². The van der Waals surface area contributed by atoms with Crippen LogP contribution in [0, 0.1) is 11.7 Å². The molecule has 9 heteroatoms. The normalized spacial score (nSPS) is 14.4. The molecule has 2 amide bonds. The number of urea groups is 1. The number of rotatable bonds is 5. The number of benzene rings is 1. The summed E-state index contributed by atoms with van der Waals surface area (Å²) in [7, 11) is 0. The van der Waals surface area contributed by atoms with Crippen LogP contribution in [0.25, 0.3) is 0 Å². The van der Waals surface area contributed by atoms with Gasteiger partial charge in [0.25, 0.3) is 0 Å². The highest BCUT2D eigenvalue weighted by molar-refractivity contribution is 6.30. The van der Waals surface area contributed by atoms with E-state index in [4.69, 9.17) is 16.0 Å². The van der Waals surface area contributed by atoms with Crippen LogP contribution in [-0.4, -0.2) is 32.4 Å². The summed E-state index contributed by atoms with van der Waals surface area (Å²) in [6, 6.07) is 3.43. The van der Waals surface area contributed by atoms with Gasteiger partial charge in [0.1, 0.15) is 29.6 Å². The number of halogens is 2. The lowest BCUT2D eigenvalue weighted by atomic mass is 10.0. The molecule has 3 heterocycles. The van der Waals surface area contributed by atoms with Gasteiger partial charge < -0.3 is 14.6 Å². The van der Waals surface area contributed by atoms with E-state index in [2.05, 4.69) is 34.1 Å². The van der Waals surface area contributed by atoms with Gasteiger partial charge in [-0.25, -0.2) is 24.1 Å². The summed E-state index contributed by atoms with van der Waals surface area (Å²) in [5, 5.41) is 2.95. The molecular formula is C22H23ClFN5O2. The molecular weight excluding hydrogens is 421 g/mol. The zero-order valence-corrected chi connectivity index (χ0v) is 18.1. The van der Waals surface area contributed by atoms with Gasteiger partial charge in [-0.3, -0.25) is 0 Å². The van der Waals surface area contributed by atoms with E-state index in [-0.39, 0.29) is 11.1 Å². The molecule has 0 spiro atoms. The van der Waals surface area contributed by atoms with Gasteiger partial charge in [-0.15, -0.1) is 0 Å². The van der Waals surface area contributed by atoms with E-state index in [9.17, 15) is 9.18 Å². The second kappa shape index (κ2) is 9.01. The highest BCUT2D eigenvalue weighted by Crippen LogP contribution is 2.26. The van der Waals surface area contributed by atoms with E-state index in [1.54, 1.807) is 11.0 Å². The second-order valence-corrected chi connectivity index (χ2v) is 8.40. The van der Waals surface area contributed by atoms with Crippen LogP contribution >= 0.6 is 11.6 Å². The third-order valence-corrected chi connectivity index (χ3v) is 5.47. The molecule has 3 aromatic rings. The summed E-state index contributed by atoms with van der Waals surface area (Å²) in [5.41, 5.74) is 2.91. The van der Waals surface area contributed by atoms with E-state index in [1.165, 1.54) is 24.8 Å². The van der Waals surface area contributed by atoms with Crippen LogP contribution < -0.4 is 5.32 Å². The first-order chi connectivity index (χ1) is 14.9. The van der Waals surface area contributed by atoms with Gasteiger partial charge in [-0.2, -0.15) is 0 Å². The molecule has 4 rings (SSSR count). The number of carbonyl (C=O) groups excluding carboxylic acids is 1. The minimum Gasteiger partial charge on any atom is -0.451 e. The molecule has 0 saturated carbocycles. The van der Waals surface area contributed by atoms with Crippen molar-refractivity contribution < 1.29 is 13.6 Å². The number of aromatic nitrogens is 3. The lowest BCUT2D eigenvalue weighted by Crippen LogP contribution is -2.44. The fourth-order valence-electron chi connectivity index (χ4n) is 3.58. The second-order valence-electron chi connectivity index (χ2n) is 8.00. The van der Waals surface area contributed by atoms with Crippen molar-refractivity contribution in [2.24, 2.45) is 5.92 Å². The Hall–Kier alpha value is -3.00. The molecule has 1 N–H and O–H groups in total. The number of hydrogen-bond acceptors (Lipinski definition) is 5. The van der Waals surface area contributed by atoms with Crippen molar-refractivity contribution in [1.82, 2.24) is 25.2 Å². The molecule has 162 valence electrons. The van der Waals surface area contributed by atoms with Gasteiger partial charge in [-0.1, -0.05) is 31.5 Å². The average Bonchev–Trinajstić information content (AvgIpc) is 3.27. The molecule has 31 heavy (non-hydrogen) atoms. The third kappa shape index (κ3) is 4.85. The van der Waals surface area contributed by atoms with Gasteiger partial charge in [0.05, 0.1) is 17.3 Å². The lowest BCUT2D eigenvalue weighted by molar-refractivity contribution is 0.188. The van der Waals surface area contributed by atoms with Crippen LogP contribution in [0.1, 0.15) is 48.2 Å². The van der Waals surface area contributed by atoms with Crippen molar-refractivity contribution >= 4 is 17.6 Å². The Balaban J connectivity index is 1.53. The van der Waals surface area contributed by atoms with Gasteiger partial charge >= 0.3 is 6.03 Å². The maximum atomic E-state index is 14.1. The SMILES string of the molecule is CC(C)Cc1ncc2c(n1)CN(C(=O)N[C@H](c1ccc(Cl)c(F)c1)c1cocn1)CC2. The fourth-order valence-corrected chi connectivity index (χ4v) is 3.70. The monoisotopic (exact) mass is 443 g/mol. The van der Waals surface area contributed by atoms with E-state index in [1.807, 2.05) is 6.20 Å². The summed E-state index contributed by atoms with van der Waals surface area (Å²) in [5.74, 6) is 0.667. The molecule has 1 aromatic carbocycles. The zero-order valence-electron chi connectivity index (χ0n) is 17.3. The Morgan fingerprint density at radius 1 is 1.35 bits per heavy atom. The molecule has 0 bridgehead atoms. The maximum absolute atomic E-state index is 14.1. The molecule has 1 aliphatic heterocycles. The van der Waals surface area contributed by atoms with Crippen LogP contribution in [0.5, 0.6) is 0 Å². The van der Waals surface area contributed by atoms with Crippen LogP contribution in [0.15, 0.2) is 41.5 Å². The minimum absolute atomic E-state index is 0.0125. The number of hydrogen-bond donors (Lipinski definition) is 1. The molecule has 1 atom stereocenters. The first-order valence-corrected chi connectivity index (χ1v) is 10.5. The largest absolute Gasteiger partial charge is 0.451 e. The Bertz CT molecular complexity index is 1070. The first-order valence-electron chi connectivity index (χ1n) is 10.1. The Kier molecular flexibility index (Phi) is 6.18. The van der Waals surface area contributed by atoms with Crippen molar-refractivity contribution in [2.45, 2.75) is 39.3 Å². The smallest absolute Gasteiger partial charge is 0.318 e. The fraction of sp³-hybridized carbons (Fsp3) is 0.364. The zero-order chi connectivity index (χ0) is 22.0. The number of carbonyl (C=O) groups is 1. The predicted molar refractivity (Wildman–Crippen MR) is 113 cm³/mol. The number of amides is 2.